The number of fused-ring (bicyclic) bond motifs is 3. The molecule has 3 aromatic rings. The largest absolute Gasteiger partial charge is 0.480 e. The van der Waals surface area contributed by atoms with Crippen LogP contribution in [0.3, 0.4) is 0 Å². The van der Waals surface area contributed by atoms with Crippen molar-refractivity contribution in [3.63, 3.8) is 0 Å². The average Bonchev–Trinajstić information content (AvgIpc) is 3.38. The minimum Gasteiger partial charge on any atom is -0.480 e. The van der Waals surface area contributed by atoms with Crippen molar-refractivity contribution < 1.29 is 17.9 Å². The Balaban J connectivity index is 1.21. The lowest BCUT2D eigenvalue weighted by molar-refractivity contribution is 0.372. The lowest BCUT2D eigenvalue weighted by Gasteiger charge is -2.39. The van der Waals surface area contributed by atoms with Crippen LogP contribution in [0, 0.1) is 29.3 Å². The predicted molar refractivity (Wildman–Crippen MR) is 122 cm³/mol. The Morgan fingerprint density at radius 2 is 1.86 bits per heavy atom. The normalized spacial score (nSPS) is 23.4. The van der Waals surface area contributed by atoms with Gasteiger partial charge in [-0.3, -0.25) is 0 Å². The van der Waals surface area contributed by atoms with Gasteiger partial charge in [0.25, 0.3) is 0 Å². The Labute approximate surface area is 199 Å². The van der Waals surface area contributed by atoms with Crippen molar-refractivity contribution in [3.8, 4) is 5.88 Å². The zero-order chi connectivity index (χ0) is 24.1. The summed E-state index contributed by atoms with van der Waals surface area (Å²) < 4.78 is 48.7. The number of nitrogens with zero attached hydrogens (tertiary/aromatic N) is 7. The van der Waals surface area contributed by atoms with Crippen LogP contribution in [0.2, 0.25) is 0 Å². The van der Waals surface area contributed by atoms with E-state index in [1.807, 2.05) is 6.07 Å². The topological polar surface area (TPSA) is 84.2 Å². The van der Waals surface area contributed by atoms with E-state index < -0.39 is 17.5 Å². The Kier molecular flexibility index (Phi) is 5.37. The van der Waals surface area contributed by atoms with Crippen molar-refractivity contribution in [2.45, 2.75) is 31.8 Å². The van der Waals surface area contributed by atoms with Gasteiger partial charge < -0.3 is 19.9 Å². The fraction of sp³-hybridized carbons (Fsp3) is 0.478. The molecule has 0 radical (unpaired) electrons. The monoisotopic (exact) mass is 486 g/mol. The summed E-state index contributed by atoms with van der Waals surface area (Å²) in [4.78, 5) is 8.50. The van der Waals surface area contributed by atoms with Crippen LogP contribution >= 0.6 is 0 Å². The number of anilines is 4. The molecule has 2 unspecified atom stereocenters. The summed E-state index contributed by atoms with van der Waals surface area (Å²) in [7, 11) is 1.58. The zero-order valence-corrected chi connectivity index (χ0v) is 19.2. The third-order valence-electron chi connectivity index (χ3n) is 7.27. The first-order valence-electron chi connectivity index (χ1n) is 11.8. The number of rotatable bonds is 5. The molecule has 3 aliphatic rings. The molecular formula is C23H25F3N8O. The van der Waals surface area contributed by atoms with Gasteiger partial charge in [0.15, 0.2) is 17.5 Å². The second kappa shape index (κ2) is 8.58. The Morgan fingerprint density at radius 1 is 1.06 bits per heavy atom. The Bertz CT molecular complexity index is 1240. The highest BCUT2D eigenvalue weighted by Crippen LogP contribution is 2.40. The molecule has 1 aliphatic carbocycles. The molecule has 35 heavy (non-hydrogen) atoms. The average molecular weight is 487 g/mol. The molecule has 184 valence electrons. The highest BCUT2D eigenvalue weighted by molar-refractivity contribution is 5.60. The van der Waals surface area contributed by atoms with E-state index >= 15 is 0 Å². The molecule has 2 bridgehead atoms. The summed E-state index contributed by atoms with van der Waals surface area (Å²) in [5.74, 6) is -1.74. The van der Waals surface area contributed by atoms with Gasteiger partial charge in [0.05, 0.1) is 24.7 Å². The number of hydrogen-bond acceptors (Lipinski definition) is 8. The minimum absolute atomic E-state index is 0.0430. The Hall–Kier alpha value is -3.57. The number of halogens is 3. The molecule has 1 saturated heterocycles. The van der Waals surface area contributed by atoms with Crippen LogP contribution in [-0.4, -0.2) is 57.7 Å². The molecule has 0 spiro atoms. The zero-order valence-electron chi connectivity index (χ0n) is 19.2. The van der Waals surface area contributed by atoms with Crippen LogP contribution in [0.15, 0.2) is 24.4 Å². The third kappa shape index (κ3) is 3.80. The molecular weight excluding hydrogens is 461 g/mol. The molecule has 2 aromatic heterocycles. The van der Waals surface area contributed by atoms with E-state index in [0.717, 1.165) is 37.7 Å². The molecule has 2 aliphatic heterocycles. The van der Waals surface area contributed by atoms with Gasteiger partial charge in [0.2, 0.25) is 17.8 Å². The first-order valence-corrected chi connectivity index (χ1v) is 11.8. The standard InChI is InChI=1S/C23H25F3N8O/c1-35-18-9-15(10-27-30-18)32-11-13-3-4-14(12-32)21(13)28-22-29-23-33(7-2-8-34(23)31-22)17-6-5-16(24)19(25)20(17)26/h5-6,9-10,13-14,21H,2-4,7-8,11-12H2,1H3,(H,28,31)/t13-,14?,21?/m0/s1. The summed E-state index contributed by atoms with van der Waals surface area (Å²) in [5, 5.41) is 16.1. The van der Waals surface area contributed by atoms with Gasteiger partial charge in [0.1, 0.15) is 0 Å². The first kappa shape index (κ1) is 21.9. The fourth-order valence-corrected chi connectivity index (χ4v) is 5.60. The fourth-order valence-electron chi connectivity index (χ4n) is 5.60. The molecule has 4 heterocycles. The summed E-state index contributed by atoms with van der Waals surface area (Å²) >= 11 is 0. The summed E-state index contributed by atoms with van der Waals surface area (Å²) in [5.41, 5.74) is 0.950. The number of nitrogens with one attached hydrogen (secondary N) is 1. The molecule has 1 N–H and O–H groups in total. The van der Waals surface area contributed by atoms with Gasteiger partial charge >= 0.3 is 0 Å². The second-order valence-electron chi connectivity index (χ2n) is 9.29. The maximum Gasteiger partial charge on any atom is 0.244 e. The second-order valence-corrected chi connectivity index (χ2v) is 9.29. The quantitative estimate of drug-likeness (QED) is 0.550. The van der Waals surface area contributed by atoms with Crippen LogP contribution in [-0.2, 0) is 6.54 Å². The highest BCUT2D eigenvalue weighted by atomic mass is 19.2. The number of ether oxygens (including phenoxy) is 1. The number of aryl methyl sites for hydroxylation is 1. The van der Waals surface area contributed by atoms with E-state index in [1.165, 1.54) is 6.07 Å². The van der Waals surface area contributed by atoms with Crippen LogP contribution in [0.4, 0.5) is 36.4 Å². The lowest BCUT2D eigenvalue weighted by atomic mass is 9.92. The minimum atomic E-state index is -1.48. The van der Waals surface area contributed by atoms with Crippen molar-refractivity contribution in [2.75, 3.05) is 41.9 Å². The van der Waals surface area contributed by atoms with E-state index in [-0.39, 0.29) is 11.7 Å². The van der Waals surface area contributed by atoms with E-state index in [9.17, 15) is 13.2 Å². The molecule has 1 saturated carbocycles. The number of methoxy groups -OCH3 is 1. The lowest BCUT2D eigenvalue weighted by Crippen LogP contribution is -2.48. The van der Waals surface area contributed by atoms with Gasteiger partial charge in [-0.2, -0.15) is 10.1 Å². The van der Waals surface area contributed by atoms with Crippen molar-refractivity contribution in [1.29, 1.82) is 0 Å². The number of benzene rings is 1. The number of hydrogen-bond donors (Lipinski definition) is 1. The van der Waals surface area contributed by atoms with E-state index in [1.54, 1.807) is 22.9 Å². The molecule has 1 aromatic carbocycles. The maximum absolute atomic E-state index is 14.5. The van der Waals surface area contributed by atoms with Crippen molar-refractivity contribution in [1.82, 2.24) is 25.0 Å². The highest BCUT2D eigenvalue weighted by Gasteiger charge is 2.43. The molecule has 0 amide bonds. The van der Waals surface area contributed by atoms with Crippen LogP contribution in [0.25, 0.3) is 0 Å². The first-order chi connectivity index (χ1) is 17.0. The van der Waals surface area contributed by atoms with Gasteiger partial charge in [-0.25, -0.2) is 17.9 Å². The van der Waals surface area contributed by atoms with E-state index in [2.05, 4.69) is 30.5 Å². The van der Waals surface area contributed by atoms with Gasteiger partial charge in [-0.1, -0.05) is 0 Å². The predicted octanol–water partition coefficient (Wildman–Crippen LogP) is 3.36. The molecule has 9 nitrogen and oxygen atoms in total. The molecule has 3 atom stereocenters. The van der Waals surface area contributed by atoms with Crippen LogP contribution in [0.5, 0.6) is 5.88 Å². The van der Waals surface area contributed by atoms with Crippen molar-refractivity contribution in [3.05, 3.63) is 41.8 Å². The van der Waals surface area contributed by atoms with Crippen molar-refractivity contribution >= 4 is 23.3 Å². The SMILES string of the molecule is COc1cc(N2CC3CC[C@@H](C2)C3Nc2nc3n(n2)CCCN3c2ccc(F)c(F)c2F)cnn1. The van der Waals surface area contributed by atoms with E-state index in [4.69, 9.17) is 4.74 Å². The maximum atomic E-state index is 14.5. The van der Waals surface area contributed by atoms with Crippen LogP contribution < -0.4 is 19.9 Å². The Morgan fingerprint density at radius 3 is 2.63 bits per heavy atom. The van der Waals surface area contributed by atoms with Crippen LogP contribution in [0.1, 0.15) is 19.3 Å². The van der Waals surface area contributed by atoms with Gasteiger partial charge in [-0.05, 0) is 43.2 Å². The summed E-state index contributed by atoms with van der Waals surface area (Å²) in [6.07, 6.45) is 4.62. The molecule has 6 rings (SSSR count). The van der Waals surface area contributed by atoms with Crippen molar-refractivity contribution in [2.24, 2.45) is 11.8 Å². The van der Waals surface area contributed by atoms with E-state index in [0.29, 0.717) is 49.1 Å². The number of piperidine rings is 1. The molecule has 2 fully saturated rings. The summed E-state index contributed by atoms with van der Waals surface area (Å²) in [6.45, 7) is 2.78. The number of aromatic nitrogens is 5. The van der Waals surface area contributed by atoms with Gasteiger partial charge in [0, 0.05) is 38.3 Å². The molecule has 12 heteroatoms. The van der Waals surface area contributed by atoms with Gasteiger partial charge in [-0.15, -0.1) is 10.2 Å². The third-order valence-corrected chi connectivity index (χ3v) is 7.27. The summed E-state index contributed by atoms with van der Waals surface area (Å²) in [6, 6.07) is 4.28. The smallest absolute Gasteiger partial charge is 0.244 e.